The lowest BCUT2D eigenvalue weighted by atomic mass is 10.1. The third-order valence-corrected chi connectivity index (χ3v) is 3.32. The average Bonchev–Trinajstić information content (AvgIpc) is 2.54. The number of phenolic OH excluding ortho intramolecular Hbond substituents is 1. The Hall–Kier alpha value is -2.94. The molecule has 3 N–H and O–H groups in total. The Kier molecular flexibility index (Phi) is 3.48. The molecule has 0 atom stereocenters. The van der Waals surface area contributed by atoms with Crippen molar-refractivity contribution in [3.05, 3.63) is 78.9 Å². The van der Waals surface area contributed by atoms with Gasteiger partial charge in [-0.25, -0.2) is 0 Å². The molecule has 3 heteroatoms. The van der Waals surface area contributed by atoms with E-state index < -0.39 is 0 Å². The van der Waals surface area contributed by atoms with Crippen LogP contribution in [0.1, 0.15) is 0 Å². The first kappa shape index (κ1) is 13.1. The van der Waals surface area contributed by atoms with Crippen molar-refractivity contribution in [3.63, 3.8) is 0 Å². The van der Waals surface area contributed by atoms with Gasteiger partial charge in [0.25, 0.3) is 0 Å². The maximum Gasteiger partial charge on any atom is 0.162 e. The van der Waals surface area contributed by atoms with E-state index in [-0.39, 0.29) is 5.75 Å². The number of anilines is 4. The fourth-order valence-electron chi connectivity index (χ4n) is 2.31. The Morgan fingerprint density at radius 1 is 0.667 bits per heavy atom. The van der Waals surface area contributed by atoms with Gasteiger partial charge in [0.1, 0.15) is 0 Å². The number of phenols is 1. The highest BCUT2D eigenvalue weighted by atomic mass is 16.3. The predicted octanol–water partition coefficient (Wildman–Crippen LogP) is 4.44. The molecule has 3 rings (SSSR count). The third-order valence-electron chi connectivity index (χ3n) is 3.32. The van der Waals surface area contributed by atoms with Gasteiger partial charge in [-0.3, -0.25) is 0 Å². The summed E-state index contributed by atoms with van der Waals surface area (Å²) in [5.74, 6) is 0.0882. The van der Waals surface area contributed by atoms with Gasteiger partial charge in [-0.1, -0.05) is 42.5 Å². The molecule has 0 aromatic heterocycles. The maximum atomic E-state index is 10.3. The van der Waals surface area contributed by atoms with Gasteiger partial charge in [0, 0.05) is 11.4 Å². The van der Waals surface area contributed by atoms with Gasteiger partial charge in [0.15, 0.2) is 5.75 Å². The van der Waals surface area contributed by atoms with E-state index in [2.05, 4.69) is 0 Å². The van der Waals surface area contributed by atoms with Crippen molar-refractivity contribution in [2.24, 2.45) is 0 Å². The van der Waals surface area contributed by atoms with Crippen LogP contribution in [0.2, 0.25) is 0 Å². The molecular weight excluding hydrogens is 260 g/mol. The molecule has 3 aromatic carbocycles. The molecule has 0 saturated carbocycles. The number of hydrogen-bond acceptors (Lipinski definition) is 3. The molecule has 0 saturated heterocycles. The zero-order valence-corrected chi connectivity index (χ0v) is 11.5. The van der Waals surface area contributed by atoms with Crippen LogP contribution in [0.5, 0.6) is 5.75 Å². The zero-order valence-electron chi connectivity index (χ0n) is 11.5. The number of hydrogen-bond donors (Lipinski definition) is 2. The molecule has 3 nitrogen and oxygen atoms in total. The summed E-state index contributed by atoms with van der Waals surface area (Å²) in [6.45, 7) is 0. The van der Waals surface area contributed by atoms with Gasteiger partial charge in [-0.2, -0.15) is 0 Å². The average molecular weight is 276 g/mol. The van der Waals surface area contributed by atoms with Crippen LogP contribution < -0.4 is 10.6 Å². The van der Waals surface area contributed by atoms with E-state index >= 15 is 0 Å². The van der Waals surface area contributed by atoms with Crippen LogP contribution in [-0.2, 0) is 0 Å². The van der Waals surface area contributed by atoms with Gasteiger partial charge >= 0.3 is 0 Å². The molecular formula is C18H16N2O. The van der Waals surface area contributed by atoms with Crippen molar-refractivity contribution >= 4 is 22.7 Å². The Labute approximate surface area is 123 Å². The summed E-state index contributed by atoms with van der Waals surface area (Å²) in [6.07, 6.45) is 0. The number of nitrogens with zero attached hydrogens (tertiary/aromatic N) is 1. The van der Waals surface area contributed by atoms with Crippen LogP contribution in [0.4, 0.5) is 22.7 Å². The molecule has 0 fully saturated rings. The Balaban J connectivity index is 2.20. The molecule has 0 bridgehead atoms. The minimum atomic E-state index is 0.0882. The smallest absolute Gasteiger partial charge is 0.162 e. The van der Waals surface area contributed by atoms with Crippen molar-refractivity contribution in [3.8, 4) is 5.75 Å². The van der Waals surface area contributed by atoms with Gasteiger partial charge < -0.3 is 15.7 Å². The molecule has 21 heavy (non-hydrogen) atoms. The quantitative estimate of drug-likeness (QED) is 0.549. The molecule has 0 unspecified atom stereocenters. The monoisotopic (exact) mass is 276 g/mol. The normalized spacial score (nSPS) is 10.3. The van der Waals surface area contributed by atoms with E-state index in [1.54, 1.807) is 6.07 Å². The molecule has 104 valence electrons. The number of nitrogens with two attached hydrogens (primary N) is 1. The van der Waals surface area contributed by atoms with E-state index in [0.717, 1.165) is 11.4 Å². The molecule has 0 aliphatic heterocycles. The molecule has 0 spiro atoms. The standard InChI is InChI=1S/C18H16N2O/c19-16-12-7-13-17(18(16)21)20(14-8-3-1-4-9-14)15-10-5-2-6-11-15/h1-13,21H,19H2. The summed E-state index contributed by atoms with van der Waals surface area (Å²) in [5, 5.41) is 10.3. The largest absolute Gasteiger partial charge is 0.504 e. The van der Waals surface area contributed by atoms with Gasteiger partial charge in [0.2, 0.25) is 0 Å². The fourth-order valence-corrected chi connectivity index (χ4v) is 2.31. The summed E-state index contributed by atoms with van der Waals surface area (Å²) < 4.78 is 0. The van der Waals surface area contributed by atoms with E-state index in [4.69, 9.17) is 5.73 Å². The Bertz CT molecular complexity index is 687. The number of rotatable bonds is 3. The third kappa shape index (κ3) is 2.54. The maximum absolute atomic E-state index is 10.3. The van der Waals surface area contributed by atoms with Crippen molar-refractivity contribution in [1.82, 2.24) is 0 Å². The minimum Gasteiger partial charge on any atom is -0.504 e. The SMILES string of the molecule is Nc1cccc(N(c2ccccc2)c2ccccc2)c1O. The van der Waals surface area contributed by atoms with Gasteiger partial charge in [0.05, 0.1) is 11.4 Å². The summed E-state index contributed by atoms with van der Waals surface area (Å²) in [4.78, 5) is 1.98. The summed E-state index contributed by atoms with van der Waals surface area (Å²) in [7, 11) is 0. The highest BCUT2D eigenvalue weighted by Gasteiger charge is 2.16. The molecule has 0 amide bonds. The lowest BCUT2D eigenvalue weighted by Crippen LogP contribution is -2.10. The van der Waals surface area contributed by atoms with Gasteiger partial charge in [-0.15, -0.1) is 0 Å². The molecule has 3 aromatic rings. The second-order valence-electron chi connectivity index (χ2n) is 4.72. The van der Waals surface area contributed by atoms with E-state index in [1.165, 1.54) is 0 Å². The van der Waals surface area contributed by atoms with Crippen LogP contribution in [0, 0.1) is 0 Å². The highest BCUT2D eigenvalue weighted by molar-refractivity contribution is 5.83. The van der Waals surface area contributed by atoms with Crippen molar-refractivity contribution in [1.29, 1.82) is 0 Å². The van der Waals surface area contributed by atoms with Crippen LogP contribution in [0.15, 0.2) is 78.9 Å². The van der Waals surface area contributed by atoms with Crippen molar-refractivity contribution in [2.45, 2.75) is 0 Å². The number of aromatic hydroxyl groups is 1. The summed E-state index contributed by atoms with van der Waals surface area (Å²) in [6, 6.07) is 25.2. The Morgan fingerprint density at radius 3 is 1.71 bits per heavy atom. The lowest BCUT2D eigenvalue weighted by molar-refractivity contribution is 0.479. The molecule has 0 aliphatic rings. The number of para-hydroxylation sites is 3. The number of nitrogen functional groups attached to an aromatic ring is 1. The molecule has 0 heterocycles. The highest BCUT2D eigenvalue weighted by Crippen LogP contribution is 2.41. The molecule has 0 aliphatic carbocycles. The van der Waals surface area contributed by atoms with Crippen LogP contribution in [0.25, 0.3) is 0 Å². The topological polar surface area (TPSA) is 49.5 Å². The van der Waals surface area contributed by atoms with E-state index in [1.807, 2.05) is 77.7 Å². The Morgan fingerprint density at radius 2 is 1.19 bits per heavy atom. The summed E-state index contributed by atoms with van der Waals surface area (Å²) >= 11 is 0. The van der Waals surface area contributed by atoms with Crippen LogP contribution >= 0.6 is 0 Å². The number of benzene rings is 3. The first-order valence-electron chi connectivity index (χ1n) is 6.75. The van der Waals surface area contributed by atoms with Crippen LogP contribution in [0.3, 0.4) is 0 Å². The van der Waals surface area contributed by atoms with Gasteiger partial charge in [-0.05, 0) is 36.4 Å². The summed E-state index contributed by atoms with van der Waals surface area (Å²) in [5.41, 5.74) is 8.79. The van der Waals surface area contributed by atoms with Crippen molar-refractivity contribution in [2.75, 3.05) is 10.6 Å². The van der Waals surface area contributed by atoms with E-state index in [9.17, 15) is 5.11 Å². The van der Waals surface area contributed by atoms with E-state index in [0.29, 0.717) is 11.4 Å². The second kappa shape index (κ2) is 5.59. The minimum absolute atomic E-state index is 0.0882. The molecule has 0 radical (unpaired) electrons. The fraction of sp³-hybridized carbons (Fsp3) is 0. The first-order valence-corrected chi connectivity index (χ1v) is 6.75. The first-order chi connectivity index (χ1) is 10.3. The second-order valence-corrected chi connectivity index (χ2v) is 4.72. The lowest BCUT2D eigenvalue weighted by Gasteiger charge is -2.26. The van der Waals surface area contributed by atoms with Crippen molar-refractivity contribution < 1.29 is 5.11 Å². The van der Waals surface area contributed by atoms with Crippen LogP contribution in [-0.4, -0.2) is 5.11 Å². The zero-order chi connectivity index (χ0) is 14.7. The predicted molar refractivity (Wildman–Crippen MR) is 87.2 cm³/mol.